The van der Waals surface area contributed by atoms with Gasteiger partial charge in [-0.15, -0.1) is 12.4 Å². The van der Waals surface area contributed by atoms with Gasteiger partial charge in [0, 0.05) is 23.4 Å². The molecule has 1 saturated carbocycles. The van der Waals surface area contributed by atoms with E-state index in [0.717, 1.165) is 0 Å². The Balaban J connectivity index is 0.00000144. The van der Waals surface area contributed by atoms with Gasteiger partial charge in [-0.3, -0.25) is 4.90 Å². The Labute approximate surface area is 140 Å². The van der Waals surface area contributed by atoms with Gasteiger partial charge in [0.2, 0.25) is 0 Å². The second-order valence-electron chi connectivity index (χ2n) is 7.62. The first-order valence-electron chi connectivity index (χ1n) is 8.57. The number of fused-ring (bicyclic) bond motifs is 2. The molecular weight excluding hydrogens is 294 g/mol. The molecule has 2 aliphatic heterocycles. The van der Waals surface area contributed by atoms with Crippen LogP contribution in [0.15, 0.2) is 24.3 Å². The molecule has 122 valence electrons. The molecule has 22 heavy (non-hydrogen) atoms. The van der Waals surface area contributed by atoms with Crippen molar-refractivity contribution in [3.05, 3.63) is 35.4 Å². The molecule has 0 radical (unpaired) electrons. The molecule has 2 aliphatic carbocycles. The molecule has 2 heterocycles. The minimum absolute atomic E-state index is 0. The van der Waals surface area contributed by atoms with E-state index in [1.54, 1.807) is 11.1 Å². The van der Waals surface area contributed by atoms with Crippen molar-refractivity contribution in [2.24, 2.45) is 11.8 Å². The maximum atomic E-state index is 10.2. The minimum Gasteiger partial charge on any atom is -0.393 e. The summed E-state index contributed by atoms with van der Waals surface area (Å²) in [5.74, 6) is 1.17. The zero-order valence-corrected chi connectivity index (χ0v) is 14.6. The highest BCUT2D eigenvalue weighted by atomic mass is 35.5. The molecule has 6 atom stereocenters. The zero-order chi connectivity index (χ0) is 14.8. The maximum Gasteiger partial charge on any atom is 0.0555 e. The standard InChI is InChI=1S/C19H27NO.ClH/c1-4-19-11-18-14(12(2)21)10-16(19)17(20(18)3)9-13-7-5-6-8-15(13)19;/h5-8,12,14,16-18,21H,4,9-11H2,1-3H3;1H/t12?,14?,16?,17?,18?,19-;/m1./s1. The lowest BCUT2D eigenvalue weighted by molar-refractivity contribution is -0.121. The van der Waals surface area contributed by atoms with Crippen LogP contribution < -0.4 is 0 Å². The molecule has 5 unspecified atom stereocenters. The molecule has 2 nitrogen and oxygen atoms in total. The number of hydrogen-bond donors (Lipinski definition) is 1. The van der Waals surface area contributed by atoms with Crippen LogP contribution >= 0.6 is 12.4 Å². The van der Waals surface area contributed by atoms with Gasteiger partial charge in [0.25, 0.3) is 0 Å². The highest BCUT2D eigenvalue weighted by Crippen LogP contribution is 2.59. The van der Waals surface area contributed by atoms with E-state index >= 15 is 0 Å². The number of nitrogens with zero attached hydrogens (tertiary/aromatic N) is 1. The summed E-state index contributed by atoms with van der Waals surface area (Å²) in [5, 5.41) is 10.2. The molecule has 0 amide bonds. The monoisotopic (exact) mass is 321 g/mol. The summed E-state index contributed by atoms with van der Waals surface area (Å²) in [4.78, 5) is 2.61. The third kappa shape index (κ3) is 1.93. The van der Waals surface area contributed by atoms with Crippen molar-refractivity contribution in [2.45, 2.75) is 63.1 Å². The van der Waals surface area contributed by atoms with Crippen LogP contribution in [0, 0.1) is 11.8 Å². The number of aliphatic hydroxyl groups excluding tert-OH is 1. The van der Waals surface area contributed by atoms with Crippen molar-refractivity contribution in [3.8, 4) is 0 Å². The Bertz CT molecular complexity index is 560. The van der Waals surface area contributed by atoms with E-state index in [-0.39, 0.29) is 18.5 Å². The van der Waals surface area contributed by atoms with Crippen molar-refractivity contribution in [1.82, 2.24) is 4.90 Å². The van der Waals surface area contributed by atoms with Gasteiger partial charge >= 0.3 is 0 Å². The molecule has 2 saturated heterocycles. The van der Waals surface area contributed by atoms with Crippen LogP contribution in [-0.2, 0) is 11.8 Å². The van der Waals surface area contributed by atoms with E-state index in [4.69, 9.17) is 0 Å². The minimum atomic E-state index is -0.176. The lowest BCUT2D eigenvalue weighted by atomic mass is 9.48. The topological polar surface area (TPSA) is 23.5 Å². The van der Waals surface area contributed by atoms with Crippen molar-refractivity contribution in [2.75, 3.05) is 7.05 Å². The summed E-state index contributed by atoms with van der Waals surface area (Å²) < 4.78 is 0. The predicted octanol–water partition coefficient (Wildman–Crippen LogP) is 3.40. The van der Waals surface area contributed by atoms with Gasteiger partial charge in [0.1, 0.15) is 0 Å². The van der Waals surface area contributed by atoms with Gasteiger partial charge in [0.05, 0.1) is 6.10 Å². The summed E-state index contributed by atoms with van der Waals surface area (Å²) in [6.07, 6.45) is 4.70. The molecular formula is C19H28ClNO. The third-order valence-corrected chi connectivity index (χ3v) is 7.05. The molecule has 3 fully saturated rings. The highest BCUT2D eigenvalue weighted by molar-refractivity contribution is 5.85. The first-order valence-corrected chi connectivity index (χ1v) is 8.57. The van der Waals surface area contributed by atoms with Crippen molar-refractivity contribution < 1.29 is 5.11 Å². The smallest absolute Gasteiger partial charge is 0.0555 e. The third-order valence-electron chi connectivity index (χ3n) is 7.05. The van der Waals surface area contributed by atoms with Crippen LogP contribution in [0.3, 0.4) is 0 Å². The molecule has 0 aromatic heterocycles. The number of aliphatic hydroxyl groups is 1. The lowest BCUT2D eigenvalue weighted by Crippen LogP contribution is -2.69. The van der Waals surface area contributed by atoms with E-state index in [1.807, 2.05) is 6.92 Å². The molecule has 1 aromatic rings. The Morgan fingerprint density at radius 2 is 2.05 bits per heavy atom. The molecule has 5 rings (SSSR count). The Morgan fingerprint density at radius 1 is 1.32 bits per heavy atom. The summed E-state index contributed by atoms with van der Waals surface area (Å²) in [6, 6.07) is 10.4. The van der Waals surface area contributed by atoms with Crippen LogP contribution in [0.2, 0.25) is 0 Å². The van der Waals surface area contributed by atoms with Crippen LogP contribution in [0.5, 0.6) is 0 Å². The molecule has 0 spiro atoms. The SMILES string of the molecule is CC[C@]12CC3C(C(C)O)CC1C(Cc1ccccc12)N3C.Cl. The quantitative estimate of drug-likeness (QED) is 0.902. The first-order chi connectivity index (χ1) is 10.1. The average molecular weight is 322 g/mol. The fourth-order valence-electron chi connectivity index (χ4n) is 5.97. The predicted molar refractivity (Wildman–Crippen MR) is 92.6 cm³/mol. The highest BCUT2D eigenvalue weighted by Gasteiger charge is 2.60. The zero-order valence-electron chi connectivity index (χ0n) is 13.8. The van der Waals surface area contributed by atoms with Crippen LogP contribution in [0.4, 0.5) is 0 Å². The van der Waals surface area contributed by atoms with Crippen LogP contribution in [-0.4, -0.2) is 35.2 Å². The second kappa shape index (κ2) is 5.51. The van der Waals surface area contributed by atoms with Crippen molar-refractivity contribution in [1.29, 1.82) is 0 Å². The summed E-state index contributed by atoms with van der Waals surface area (Å²) >= 11 is 0. The molecule has 1 N–H and O–H groups in total. The summed E-state index contributed by atoms with van der Waals surface area (Å²) in [7, 11) is 2.30. The fraction of sp³-hybridized carbons (Fsp3) is 0.684. The number of benzene rings is 1. The van der Waals surface area contributed by atoms with E-state index in [2.05, 4.69) is 43.1 Å². The molecule has 4 bridgehead atoms. The maximum absolute atomic E-state index is 10.2. The first kappa shape index (κ1) is 16.3. The normalized spacial score (nSPS) is 40.7. The van der Waals surface area contributed by atoms with E-state index in [0.29, 0.717) is 29.3 Å². The number of hydrogen-bond acceptors (Lipinski definition) is 2. The van der Waals surface area contributed by atoms with Gasteiger partial charge in [0.15, 0.2) is 0 Å². The molecule has 4 aliphatic rings. The number of likely N-dealkylation sites (N-methyl/N-ethyl adjacent to an activating group) is 1. The largest absolute Gasteiger partial charge is 0.393 e. The van der Waals surface area contributed by atoms with Gasteiger partial charge in [-0.25, -0.2) is 0 Å². The van der Waals surface area contributed by atoms with E-state index < -0.39 is 0 Å². The van der Waals surface area contributed by atoms with E-state index in [9.17, 15) is 5.11 Å². The summed E-state index contributed by atoms with van der Waals surface area (Å²) in [5.41, 5.74) is 3.56. The number of halogens is 1. The van der Waals surface area contributed by atoms with Crippen LogP contribution in [0.1, 0.15) is 44.2 Å². The Kier molecular flexibility index (Phi) is 4.08. The molecule has 3 heteroatoms. The number of piperidine rings is 2. The van der Waals surface area contributed by atoms with Crippen molar-refractivity contribution in [3.63, 3.8) is 0 Å². The van der Waals surface area contributed by atoms with Gasteiger partial charge in [-0.05, 0) is 56.7 Å². The summed E-state index contributed by atoms with van der Waals surface area (Å²) in [6.45, 7) is 4.36. The molecule has 1 aromatic carbocycles. The second-order valence-corrected chi connectivity index (χ2v) is 7.62. The van der Waals surface area contributed by atoms with Crippen LogP contribution in [0.25, 0.3) is 0 Å². The fourth-order valence-corrected chi connectivity index (χ4v) is 5.97. The Morgan fingerprint density at radius 3 is 2.73 bits per heavy atom. The van der Waals surface area contributed by atoms with Gasteiger partial charge < -0.3 is 5.11 Å². The van der Waals surface area contributed by atoms with Gasteiger partial charge in [-0.1, -0.05) is 31.2 Å². The van der Waals surface area contributed by atoms with Crippen molar-refractivity contribution >= 4 is 12.4 Å². The number of rotatable bonds is 2. The lowest BCUT2D eigenvalue weighted by Gasteiger charge is -2.65. The van der Waals surface area contributed by atoms with Gasteiger partial charge in [-0.2, -0.15) is 0 Å². The van der Waals surface area contributed by atoms with E-state index in [1.165, 1.54) is 25.7 Å². The average Bonchev–Trinajstić information content (AvgIpc) is 2.50. The Hall–Kier alpha value is -0.570.